The summed E-state index contributed by atoms with van der Waals surface area (Å²) in [6, 6.07) is 4.98. The lowest BCUT2D eigenvalue weighted by Crippen LogP contribution is -2.45. The monoisotopic (exact) mass is 336 g/mol. The Morgan fingerprint density at radius 3 is 2.14 bits per heavy atom. The number of hydrogen-bond acceptors (Lipinski definition) is 4. The van der Waals surface area contributed by atoms with Gasteiger partial charge >= 0.3 is 0 Å². The molecule has 1 N–H and O–H groups in total. The molecule has 0 amide bonds. The highest BCUT2D eigenvalue weighted by atomic mass is 35.5. The predicted molar refractivity (Wildman–Crippen MR) is 84.6 cm³/mol. The Kier molecular flexibility index (Phi) is 7.85. The first-order chi connectivity index (χ1) is 10.2. The molecule has 1 aromatic rings. The van der Waals surface area contributed by atoms with Crippen LogP contribution in [-0.4, -0.2) is 51.7 Å². The van der Waals surface area contributed by atoms with Crippen LogP contribution in [0.2, 0.25) is 0 Å². The molecule has 1 aliphatic heterocycles. The van der Waals surface area contributed by atoms with Gasteiger partial charge in [0.05, 0.1) is 19.8 Å². The van der Waals surface area contributed by atoms with E-state index in [0.717, 1.165) is 26.2 Å². The van der Waals surface area contributed by atoms with Gasteiger partial charge in [0.15, 0.2) is 0 Å². The third kappa shape index (κ3) is 4.44. The molecule has 126 valence electrons. The van der Waals surface area contributed by atoms with E-state index in [1.807, 2.05) is 0 Å². The molecule has 0 unspecified atom stereocenters. The van der Waals surface area contributed by atoms with E-state index in [-0.39, 0.29) is 18.8 Å². The molecule has 1 aliphatic rings. The second-order valence-corrected chi connectivity index (χ2v) is 5.00. The molecule has 0 spiro atoms. The van der Waals surface area contributed by atoms with Crippen LogP contribution in [0.5, 0.6) is 11.5 Å². The summed E-state index contributed by atoms with van der Waals surface area (Å²) in [5.41, 5.74) is 0.713. The lowest BCUT2D eigenvalue weighted by Gasteiger charge is -2.36. The van der Waals surface area contributed by atoms with Crippen LogP contribution in [-0.2, 0) is 0 Å². The van der Waals surface area contributed by atoms with Crippen molar-refractivity contribution in [2.75, 3.05) is 40.4 Å². The van der Waals surface area contributed by atoms with Crippen LogP contribution in [0.15, 0.2) is 18.2 Å². The van der Waals surface area contributed by atoms with Gasteiger partial charge in [-0.3, -0.25) is 4.90 Å². The molecule has 1 fully saturated rings. The van der Waals surface area contributed by atoms with Gasteiger partial charge in [0, 0.05) is 38.6 Å². The summed E-state index contributed by atoms with van der Waals surface area (Å²) in [5, 5.41) is 3.24. The fourth-order valence-electron chi connectivity index (χ4n) is 2.82. The maximum atomic E-state index is 13.1. The van der Waals surface area contributed by atoms with Crippen molar-refractivity contribution < 1.29 is 18.3 Å². The maximum absolute atomic E-state index is 13.1. The Labute approximate surface area is 136 Å². The number of methoxy groups -OCH3 is 2. The summed E-state index contributed by atoms with van der Waals surface area (Å²) in [6.45, 7) is 3.07. The van der Waals surface area contributed by atoms with Crippen molar-refractivity contribution in [2.45, 2.75) is 18.9 Å². The van der Waals surface area contributed by atoms with E-state index in [2.05, 4.69) is 10.2 Å². The summed E-state index contributed by atoms with van der Waals surface area (Å²) in [5.74, 6) is 1.19. The minimum atomic E-state index is -2.38. The molecular formula is C15H23ClF2N2O2. The number of hydrogen-bond donors (Lipinski definition) is 1. The zero-order chi connectivity index (χ0) is 15.2. The number of nitrogens with zero attached hydrogens (tertiary/aromatic N) is 1. The van der Waals surface area contributed by atoms with Gasteiger partial charge in [-0.25, -0.2) is 8.78 Å². The quantitative estimate of drug-likeness (QED) is 0.866. The average Bonchev–Trinajstić information content (AvgIpc) is 2.52. The molecule has 1 saturated heterocycles. The minimum absolute atomic E-state index is 0. The van der Waals surface area contributed by atoms with Crippen molar-refractivity contribution in [1.82, 2.24) is 10.2 Å². The lowest BCUT2D eigenvalue weighted by atomic mass is 9.99. The van der Waals surface area contributed by atoms with Gasteiger partial charge in [-0.2, -0.15) is 0 Å². The van der Waals surface area contributed by atoms with Crippen molar-refractivity contribution in [3.05, 3.63) is 23.8 Å². The molecule has 1 aromatic carbocycles. The first-order valence-corrected chi connectivity index (χ1v) is 7.11. The minimum Gasteiger partial charge on any atom is -0.496 e. The Morgan fingerprint density at radius 1 is 1.14 bits per heavy atom. The molecule has 4 nitrogen and oxygen atoms in total. The Morgan fingerprint density at radius 2 is 1.68 bits per heavy atom. The van der Waals surface area contributed by atoms with Crippen LogP contribution < -0.4 is 14.8 Å². The first-order valence-electron chi connectivity index (χ1n) is 7.11. The molecule has 0 aliphatic carbocycles. The van der Waals surface area contributed by atoms with Crippen LogP contribution in [0.1, 0.15) is 18.0 Å². The normalized spacial score (nSPS) is 17.0. The van der Waals surface area contributed by atoms with Gasteiger partial charge in [-0.15, -0.1) is 12.4 Å². The highest BCUT2D eigenvalue weighted by Gasteiger charge is 2.30. The molecule has 7 heteroatoms. The summed E-state index contributed by atoms with van der Waals surface area (Å²) in [7, 11) is 3.10. The molecule has 1 heterocycles. The second kappa shape index (κ2) is 9.12. The number of nitrogens with one attached hydrogen (secondary N) is 1. The van der Waals surface area contributed by atoms with E-state index in [1.54, 1.807) is 32.4 Å². The zero-order valence-electron chi connectivity index (χ0n) is 12.9. The van der Waals surface area contributed by atoms with E-state index >= 15 is 0 Å². The zero-order valence-corrected chi connectivity index (χ0v) is 13.7. The fraction of sp³-hybridized carbons (Fsp3) is 0.600. The van der Waals surface area contributed by atoms with Crippen molar-refractivity contribution in [3.8, 4) is 11.5 Å². The van der Waals surface area contributed by atoms with Gasteiger partial charge in [0.2, 0.25) is 6.43 Å². The molecule has 0 bridgehead atoms. The summed E-state index contributed by atoms with van der Waals surface area (Å²) in [4.78, 5) is 2.07. The van der Waals surface area contributed by atoms with Gasteiger partial charge in [0.1, 0.15) is 11.5 Å². The largest absolute Gasteiger partial charge is 0.496 e. The average molecular weight is 337 g/mol. The van der Waals surface area contributed by atoms with Crippen LogP contribution >= 0.6 is 12.4 Å². The van der Waals surface area contributed by atoms with Crippen LogP contribution in [0.3, 0.4) is 0 Å². The summed E-state index contributed by atoms with van der Waals surface area (Å²) >= 11 is 0. The molecule has 22 heavy (non-hydrogen) atoms. The first kappa shape index (κ1) is 18.9. The SMILES string of the molecule is COc1cccc(OC)c1[C@@H](CC(F)F)N1CCNCC1.Cl. The second-order valence-electron chi connectivity index (χ2n) is 5.00. The van der Waals surface area contributed by atoms with Gasteiger partial charge in [-0.05, 0) is 12.1 Å². The van der Waals surface area contributed by atoms with E-state index in [0.29, 0.717) is 17.1 Å². The fourth-order valence-corrected chi connectivity index (χ4v) is 2.82. The molecule has 1 atom stereocenters. The van der Waals surface area contributed by atoms with E-state index in [4.69, 9.17) is 9.47 Å². The molecule has 0 radical (unpaired) electrons. The highest BCUT2D eigenvalue weighted by Crippen LogP contribution is 2.40. The van der Waals surface area contributed by atoms with Crippen molar-refractivity contribution in [2.24, 2.45) is 0 Å². The predicted octanol–water partition coefficient (Wildman–Crippen LogP) is 2.73. The number of alkyl halides is 2. The standard InChI is InChI=1S/C15H22F2N2O2.ClH/c1-20-12-4-3-5-13(21-2)15(12)11(10-14(16)17)19-8-6-18-7-9-19;/h3-5,11,14,18H,6-10H2,1-2H3;1H/t11-;/m1./s1. The molecule has 0 aromatic heterocycles. The third-order valence-corrected chi connectivity index (χ3v) is 3.79. The van der Waals surface area contributed by atoms with Crippen LogP contribution in [0.4, 0.5) is 8.78 Å². The van der Waals surface area contributed by atoms with Gasteiger partial charge in [0.25, 0.3) is 0 Å². The van der Waals surface area contributed by atoms with Crippen molar-refractivity contribution in [1.29, 1.82) is 0 Å². The smallest absolute Gasteiger partial charge is 0.240 e. The van der Waals surface area contributed by atoms with Gasteiger partial charge in [-0.1, -0.05) is 6.07 Å². The number of benzene rings is 1. The van der Waals surface area contributed by atoms with E-state index < -0.39 is 12.5 Å². The molecular weight excluding hydrogens is 314 g/mol. The summed E-state index contributed by atoms with van der Waals surface area (Å²) < 4.78 is 36.9. The lowest BCUT2D eigenvalue weighted by molar-refractivity contribution is 0.0718. The van der Waals surface area contributed by atoms with Crippen molar-refractivity contribution in [3.63, 3.8) is 0 Å². The van der Waals surface area contributed by atoms with Crippen LogP contribution in [0.25, 0.3) is 0 Å². The highest BCUT2D eigenvalue weighted by molar-refractivity contribution is 5.85. The van der Waals surface area contributed by atoms with E-state index in [9.17, 15) is 8.78 Å². The molecule has 0 saturated carbocycles. The number of piperazine rings is 1. The number of rotatable bonds is 6. The Bertz CT molecular complexity index is 435. The van der Waals surface area contributed by atoms with Crippen molar-refractivity contribution >= 4 is 12.4 Å². The third-order valence-electron chi connectivity index (χ3n) is 3.79. The molecule has 2 rings (SSSR count). The Hall–Kier alpha value is -1.11. The van der Waals surface area contributed by atoms with Crippen LogP contribution in [0, 0.1) is 0 Å². The summed E-state index contributed by atoms with van der Waals surface area (Å²) in [6.07, 6.45) is -2.60. The van der Waals surface area contributed by atoms with E-state index in [1.165, 1.54) is 0 Å². The topological polar surface area (TPSA) is 33.7 Å². The number of ether oxygens (including phenoxy) is 2. The Balaban J connectivity index is 0.00000242. The maximum Gasteiger partial charge on any atom is 0.240 e. The number of halogens is 3. The van der Waals surface area contributed by atoms with Gasteiger partial charge < -0.3 is 14.8 Å².